The van der Waals surface area contributed by atoms with Gasteiger partial charge in [0.15, 0.2) is 6.10 Å². The number of nitrogens with one attached hydrogen (secondary N) is 1. The highest BCUT2D eigenvalue weighted by atomic mass is 19.4. The van der Waals surface area contributed by atoms with Gasteiger partial charge in [0.25, 0.3) is 11.5 Å². The van der Waals surface area contributed by atoms with Crippen molar-refractivity contribution in [1.82, 2.24) is 9.88 Å². The number of alkyl halides is 3. The predicted octanol–water partition coefficient (Wildman–Crippen LogP) is 2.45. The highest BCUT2D eigenvalue weighted by Gasteiger charge is 2.44. The van der Waals surface area contributed by atoms with E-state index in [0.717, 1.165) is 4.90 Å². The van der Waals surface area contributed by atoms with Gasteiger partial charge >= 0.3 is 6.18 Å². The monoisotopic (exact) mass is 382 g/mol. The van der Waals surface area contributed by atoms with Crippen LogP contribution < -0.4 is 10.3 Å². The third kappa shape index (κ3) is 4.13. The largest absolute Gasteiger partial charge is 0.497 e. The minimum absolute atomic E-state index is 0.00884. The van der Waals surface area contributed by atoms with Crippen LogP contribution >= 0.6 is 0 Å². The summed E-state index contributed by atoms with van der Waals surface area (Å²) in [6.07, 6.45) is -6.61. The third-order valence-corrected chi connectivity index (χ3v) is 4.26. The zero-order valence-electron chi connectivity index (χ0n) is 14.4. The van der Waals surface area contributed by atoms with Crippen LogP contribution in [0.3, 0.4) is 0 Å². The van der Waals surface area contributed by atoms with E-state index < -0.39 is 30.3 Å². The molecule has 0 bridgehead atoms. The summed E-state index contributed by atoms with van der Waals surface area (Å²) in [5.41, 5.74) is 0.309. The van der Waals surface area contributed by atoms with E-state index in [4.69, 9.17) is 4.74 Å². The molecule has 0 saturated carbocycles. The molecule has 0 aliphatic carbocycles. The van der Waals surface area contributed by atoms with Gasteiger partial charge in [-0.3, -0.25) is 9.59 Å². The van der Waals surface area contributed by atoms with Gasteiger partial charge in [-0.05, 0) is 42.0 Å². The van der Waals surface area contributed by atoms with Crippen LogP contribution in [0.25, 0.3) is 11.3 Å². The molecular formula is C18H17F3N2O4. The molecule has 1 aromatic carbocycles. The molecule has 2 aromatic rings. The maximum absolute atomic E-state index is 12.8. The number of H-pyrrole nitrogens is 1. The van der Waals surface area contributed by atoms with E-state index in [0.29, 0.717) is 17.0 Å². The van der Waals surface area contributed by atoms with E-state index in [1.807, 2.05) is 0 Å². The number of nitrogens with zero attached hydrogens (tertiary/aromatic N) is 1. The van der Waals surface area contributed by atoms with E-state index in [1.165, 1.54) is 19.2 Å². The molecule has 0 unspecified atom stereocenters. The summed E-state index contributed by atoms with van der Waals surface area (Å²) in [6.45, 7) is -0.884. The third-order valence-electron chi connectivity index (χ3n) is 4.26. The van der Waals surface area contributed by atoms with Gasteiger partial charge in [-0.2, -0.15) is 13.2 Å². The lowest BCUT2D eigenvalue weighted by atomic mass is 10.1. The van der Waals surface area contributed by atoms with Crippen LogP contribution in [0.15, 0.2) is 41.2 Å². The normalized spacial score (nSPS) is 17.6. The average Bonchev–Trinajstić information content (AvgIpc) is 2.67. The van der Waals surface area contributed by atoms with Crippen molar-refractivity contribution < 1.29 is 27.4 Å². The Morgan fingerprint density at radius 1 is 1.22 bits per heavy atom. The van der Waals surface area contributed by atoms with Gasteiger partial charge in [0, 0.05) is 12.2 Å². The number of morpholine rings is 1. The molecule has 1 amide bonds. The molecule has 1 atom stereocenters. The minimum atomic E-state index is -4.57. The first-order chi connectivity index (χ1) is 12.8. The Kier molecular flexibility index (Phi) is 5.22. The second-order valence-corrected chi connectivity index (χ2v) is 6.00. The van der Waals surface area contributed by atoms with Crippen LogP contribution in [-0.2, 0) is 4.74 Å². The maximum atomic E-state index is 12.8. The number of hydrogen-bond acceptors (Lipinski definition) is 4. The molecule has 3 rings (SSSR count). The molecule has 1 aliphatic rings. The number of ether oxygens (including phenoxy) is 2. The van der Waals surface area contributed by atoms with Crippen molar-refractivity contribution >= 4 is 5.91 Å². The summed E-state index contributed by atoms with van der Waals surface area (Å²) in [4.78, 5) is 28.4. The summed E-state index contributed by atoms with van der Waals surface area (Å²) < 4.78 is 48.2. The first-order valence-corrected chi connectivity index (χ1v) is 8.15. The molecule has 0 radical (unpaired) electrons. The molecule has 6 nitrogen and oxygen atoms in total. The van der Waals surface area contributed by atoms with E-state index in [9.17, 15) is 22.8 Å². The molecule has 1 N–H and O–H groups in total. The number of carbonyl (C=O) groups is 1. The molecule has 2 heterocycles. The smallest absolute Gasteiger partial charge is 0.416 e. The Labute approximate surface area is 152 Å². The number of amides is 1. The van der Waals surface area contributed by atoms with Crippen molar-refractivity contribution in [2.24, 2.45) is 0 Å². The highest BCUT2D eigenvalue weighted by Crippen LogP contribution is 2.26. The first-order valence-electron chi connectivity index (χ1n) is 8.15. The molecule has 27 heavy (non-hydrogen) atoms. The van der Waals surface area contributed by atoms with Gasteiger partial charge in [0.2, 0.25) is 0 Å². The number of aromatic amines is 1. The zero-order chi connectivity index (χ0) is 19.6. The summed E-state index contributed by atoms with van der Waals surface area (Å²) in [5.74, 6) is -0.102. The van der Waals surface area contributed by atoms with Crippen molar-refractivity contribution in [2.75, 3.05) is 26.8 Å². The SMILES string of the molecule is COc1ccc(-c2ccc(C(=O)N3CCO[C@@H](C(F)(F)F)C3)c(=O)[nH]2)cc1. The number of methoxy groups -OCH3 is 1. The first kappa shape index (κ1) is 19.0. The summed E-state index contributed by atoms with van der Waals surface area (Å²) in [5, 5.41) is 0. The van der Waals surface area contributed by atoms with Crippen molar-refractivity contribution in [3.05, 3.63) is 52.3 Å². The van der Waals surface area contributed by atoms with E-state index in [1.54, 1.807) is 24.3 Å². The fourth-order valence-corrected chi connectivity index (χ4v) is 2.78. The lowest BCUT2D eigenvalue weighted by Crippen LogP contribution is -2.51. The van der Waals surface area contributed by atoms with Gasteiger partial charge in [-0.1, -0.05) is 0 Å². The van der Waals surface area contributed by atoms with Crippen molar-refractivity contribution in [1.29, 1.82) is 0 Å². The van der Waals surface area contributed by atoms with Gasteiger partial charge in [0.05, 0.1) is 20.3 Å². The van der Waals surface area contributed by atoms with E-state index in [-0.39, 0.29) is 18.7 Å². The van der Waals surface area contributed by atoms with Crippen LogP contribution in [0.5, 0.6) is 5.75 Å². The Morgan fingerprint density at radius 2 is 1.93 bits per heavy atom. The van der Waals surface area contributed by atoms with Crippen LogP contribution in [0.4, 0.5) is 13.2 Å². The van der Waals surface area contributed by atoms with Gasteiger partial charge in [0.1, 0.15) is 11.3 Å². The van der Waals surface area contributed by atoms with Crippen LogP contribution in [0, 0.1) is 0 Å². The lowest BCUT2D eigenvalue weighted by Gasteiger charge is -2.33. The number of pyridine rings is 1. The van der Waals surface area contributed by atoms with E-state index >= 15 is 0 Å². The summed E-state index contributed by atoms with van der Waals surface area (Å²) in [7, 11) is 1.53. The van der Waals surface area contributed by atoms with Gasteiger partial charge in [-0.15, -0.1) is 0 Å². The molecule has 1 aliphatic heterocycles. The van der Waals surface area contributed by atoms with Gasteiger partial charge < -0.3 is 19.4 Å². The fraction of sp³-hybridized carbons (Fsp3) is 0.333. The Hall–Kier alpha value is -2.81. The number of rotatable bonds is 3. The highest BCUT2D eigenvalue weighted by molar-refractivity contribution is 5.94. The predicted molar refractivity (Wildman–Crippen MR) is 90.7 cm³/mol. The second-order valence-electron chi connectivity index (χ2n) is 6.00. The number of carbonyl (C=O) groups excluding carboxylic acids is 1. The number of hydrogen-bond donors (Lipinski definition) is 1. The molecule has 1 fully saturated rings. The molecule has 9 heteroatoms. The van der Waals surface area contributed by atoms with Crippen molar-refractivity contribution in [2.45, 2.75) is 12.3 Å². The maximum Gasteiger partial charge on any atom is 0.416 e. The lowest BCUT2D eigenvalue weighted by molar-refractivity contribution is -0.233. The van der Waals surface area contributed by atoms with Crippen LogP contribution in [0.1, 0.15) is 10.4 Å². The molecule has 1 aromatic heterocycles. The van der Waals surface area contributed by atoms with Crippen molar-refractivity contribution in [3.8, 4) is 17.0 Å². The summed E-state index contributed by atoms with van der Waals surface area (Å²) >= 11 is 0. The number of halogens is 3. The zero-order valence-corrected chi connectivity index (χ0v) is 14.4. The minimum Gasteiger partial charge on any atom is -0.497 e. The molecular weight excluding hydrogens is 365 g/mol. The van der Waals surface area contributed by atoms with Crippen LogP contribution in [-0.4, -0.2) is 54.9 Å². The number of benzene rings is 1. The molecule has 1 saturated heterocycles. The quantitative estimate of drug-likeness (QED) is 0.885. The molecule has 0 spiro atoms. The topological polar surface area (TPSA) is 71.6 Å². The second kappa shape index (κ2) is 7.43. The Bertz CT molecular complexity index is 877. The van der Waals surface area contributed by atoms with Crippen LogP contribution in [0.2, 0.25) is 0 Å². The standard InChI is InChI=1S/C18H17F3N2O4/c1-26-12-4-2-11(3-5-12)14-7-6-13(16(24)22-14)17(25)23-8-9-27-15(10-23)18(19,20)21/h2-7,15H,8-10H2,1H3,(H,22,24)/t15-/m1/s1. The van der Waals surface area contributed by atoms with Gasteiger partial charge in [-0.25, -0.2) is 0 Å². The Balaban J connectivity index is 1.80. The summed E-state index contributed by atoms with van der Waals surface area (Å²) in [6, 6.07) is 9.77. The average molecular weight is 382 g/mol. The van der Waals surface area contributed by atoms with E-state index in [2.05, 4.69) is 9.72 Å². The fourth-order valence-electron chi connectivity index (χ4n) is 2.78. The molecule has 144 valence electrons. The van der Waals surface area contributed by atoms with Crippen molar-refractivity contribution in [3.63, 3.8) is 0 Å². The number of aromatic nitrogens is 1. The Morgan fingerprint density at radius 3 is 2.52 bits per heavy atom.